The van der Waals surface area contributed by atoms with Gasteiger partial charge in [-0.05, 0) is 53.8 Å². The third kappa shape index (κ3) is 7.95. The molecule has 0 atom stereocenters. The molecule has 0 aliphatic carbocycles. The van der Waals surface area contributed by atoms with Crippen LogP contribution in [0.5, 0.6) is 0 Å². The van der Waals surface area contributed by atoms with Crippen LogP contribution in [0, 0.1) is 5.82 Å². The van der Waals surface area contributed by atoms with Crippen LogP contribution in [-0.2, 0) is 13.1 Å². The van der Waals surface area contributed by atoms with Gasteiger partial charge in [-0.1, -0.05) is 66.0 Å². The SMILES string of the molecule is C=C(/C=C\C(=C)/C(C)=C/CC)NC(=O)N1Cc2ccc(F)cc2C1.CC.CC. The van der Waals surface area contributed by atoms with Gasteiger partial charge < -0.3 is 10.2 Å². The smallest absolute Gasteiger partial charge is 0.316 e. The van der Waals surface area contributed by atoms with Crippen molar-refractivity contribution >= 4 is 6.03 Å². The fourth-order valence-electron chi connectivity index (χ4n) is 2.53. The largest absolute Gasteiger partial charge is 0.322 e. The maximum atomic E-state index is 13.2. The van der Waals surface area contributed by atoms with Crippen LogP contribution in [0.1, 0.15) is 59.1 Å². The molecule has 28 heavy (non-hydrogen) atoms. The Kier molecular flexibility index (Phi) is 12.3. The first-order valence-electron chi connectivity index (χ1n) is 9.97. The lowest BCUT2D eigenvalue weighted by atomic mass is 10.1. The second-order valence-corrected chi connectivity index (χ2v) is 5.88. The molecule has 0 unspecified atom stereocenters. The summed E-state index contributed by atoms with van der Waals surface area (Å²) in [6.45, 7) is 20.8. The number of rotatable bonds is 5. The Labute approximate surface area is 170 Å². The molecule has 0 saturated carbocycles. The van der Waals surface area contributed by atoms with Crippen LogP contribution >= 0.6 is 0 Å². The van der Waals surface area contributed by atoms with E-state index >= 15 is 0 Å². The number of carbonyl (C=O) groups excluding carboxylic acids is 1. The monoisotopic (exact) mass is 386 g/mol. The number of hydrogen-bond acceptors (Lipinski definition) is 1. The molecular formula is C24H35FN2O. The minimum Gasteiger partial charge on any atom is -0.316 e. The molecular weight excluding hydrogens is 351 g/mol. The first kappa shape index (κ1) is 25.4. The number of hydrogen-bond donors (Lipinski definition) is 1. The van der Waals surface area contributed by atoms with Gasteiger partial charge in [0.2, 0.25) is 0 Å². The molecule has 1 heterocycles. The Morgan fingerprint density at radius 2 is 1.75 bits per heavy atom. The molecule has 2 amide bonds. The van der Waals surface area contributed by atoms with Crippen LogP contribution in [0.15, 0.2) is 66.4 Å². The van der Waals surface area contributed by atoms with Gasteiger partial charge in [-0.3, -0.25) is 0 Å². The molecule has 3 nitrogen and oxygen atoms in total. The van der Waals surface area contributed by atoms with E-state index in [1.165, 1.54) is 12.1 Å². The van der Waals surface area contributed by atoms with Crippen LogP contribution < -0.4 is 5.32 Å². The number of nitrogens with one attached hydrogen (secondary N) is 1. The van der Waals surface area contributed by atoms with E-state index in [9.17, 15) is 9.18 Å². The van der Waals surface area contributed by atoms with Gasteiger partial charge in [0.25, 0.3) is 0 Å². The highest BCUT2D eigenvalue weighted by molar-refractivity contribution is 5.77. The van der Waals surface area contributed by atoms with Gasteiger partial charge in [0.1, 0.15) is 5.82 Å². The summed E-state index contributed by atoms with van der Waals surface area (Å²) in [6.07, 6.45) is 6.61. The van der Waals surface area contributed by atoms with Crippen molar-refractivity contribution in [3.8, 4) is 0 Å². The summed E-state index contributed by atoms with van der Waals surface area (Å²) in [5.41, 5.74) is 4.30. The van der Waals surface area contributed by atoms with Gasteiger partial charge in [0.15, 0.2) is 0 Å². The van der Waals surface area contributed by atoms with E-state index in [2.05, 4.69) is 31.5 Å². The number of carbonyl (C=O) groups is 1. The lowest BCUT2D eigenvalue weighted by molar-refractivity contribution is 0.201. The van der Waals surface area contributed by atoms with Gasteiger partial charge in [0.05, 0.1) is 0 Å². The van der Waals surface area contributed by atoms with E-state index in [1.807, 2.05) is 40.7 Å². The molecule has 1 aromatic rings. The van der Waals surface area contributed by atoms with Crippen molar-refractivity contribution in [1.29, 1.82) is 0 Å². The Morgan fingerprint density at radius 3 is 2.36 bits per heavy atom. The summed E-state index contributed by atoms with van der Waals surface area (Å²) in [5, 5.41) is 2.75. The van der Waals surface area contributed by atoms with Crippen molar-refractivity contribution in [3.63, 3.8) is 0 Å². The van der Waals surface area contributed by atoms with Gasteiger partial charge >= 0.3 is 6.03 Å². The van der Waals surface area contributed by atoms with E-state index in [-0.39, 0.29) is 11.8 Å². The highest BCUT2D eigenvalue weighted by Crippen LogP contribution is 2.23. The number of nitrogens with zero attached hydrogens (tertiary/aromatic N) is 1. The summed E-state index contributed by atoms with van der Waals surface area (Å²) in [7, 11) is 0. The van der Waals surface area contributed by atoms with Crippen molar-refractivity contribution in [2.24, 2.45) is 0 Å². The summed E-state index contributed by atoms with van der Waals surface area (Å²) in [6, 6.07) is 4.37. The maximum absolute atomic E-state index is 13.2. The molecule has 0 bridgehead atoms. The van der Waals surface area contributed by atoms with Crippen molar-refractivity contribution in [2.75, 3.05) is 0 Å². The molecule has 0 spiro atoms. The summed E-state index contributed by atoms with van der Waals surface area (Å²) in [5.74, 6) is -0.280. The quantitative estimate of drug-likeness (QED) is 0.549. The molecule has 4 heteroatoms. The number of urea groups is 1. The molecule has 0 radical (unpaired) electrons. The molecule has 0 fully saturated rings. The van der Waals surface area contributed by atoms with E-state index in [4.69, 9.17) is 0 Å². The lowest BCUT2D eigenvalue weighted by Crippen LogP contribution is -2.35. The summed E-state index contributed by atoms with van der Waals surface area (Å²) < 4.78 is 13.2. The Hall–Kier alpha value is -2.62. The van der Waals surface area contributed by atoms with Crippen molar-refractivity contribution in [1.82, 2.24) is 10.2 Å². The van der Waals surface area contributed by atoms with Gasteiger partial charge in [0, 0.05) is 18.8 Å². The second-order valence-electron chi connectivity index (χ2n) is 5.88. The van der Waals surface area contributed by atoms with Gasteiger partial charge in [-0.25, -0.2) is 9.18 Å². The van der Waals surface area contributed by atoms with Crippen molar-refractivity contribution < 1.29 is 9.18 Å². The molecule has 154 valence electrons. The molecule has 1 aliphatic heterocycles. The average molecular weight is 387 g/mol. The molecule has 1 aliphatic rings. The molecule has 1 N–H and O–H groups in total. The number of allylic oxidation sites excluding steroid dienone is 5. The fourth-order valence-corrected chi connectivity index (χ4v) is 2.53. The highest BCUT2D eigenvalue weighted by Gasteiger charge is 2.23. The first-order valence-corrected chi connectivity index (χ1v) is 9.97. The standard InChI is InChI=1S/C20H23FN2O.2C2H6/c1-5-6-14(2)15(3)7-8-16(4)22-20(24)23-12-17-9-10-19(21)11-18(17)13-23;2*1-2/h6-11H,3-5,12-13H2,1-2H3,(H,22,24);2*1-2H3/b8-7-,14-6+;;. The minimum absolute atomic E-state index is 0.243. The highest BCUT2D eigenvalue weighted by atomic mass is 19.1. The number of amides is 2. The minimum atomic E-state index is -0.280. The molecule has 1 aromatic carbocycles. The van der Waals surface area contributed by atoms with Gasteiger partial charge in [-0.15, -0.1) is 0 Å². The predicted molar refractivity (Wildman–Crippen MR) is 118 cm³/mol. The predicted octanol–water partition coefficient (Wildman–Crippen LogP) is 6.89. The van der Waals surface area contributed by atoms with Crippen LogP contribution in [0.3, 0.4) is 0 Å². The second kappa shape index (κ2) is 13.5. The summed E-state index contributed by atoms with van der Waals surface area (Å²) in [4.78, 5) is 13.9. The Morgan fingerprint density at radius 1 is 1.14 bits per heavy atom. The van der Waals surface area contributed by atoms with Crippen LogP contribution in [-0.4, -0.2) is 10.9 Å². The number of halogens is 1. The maximum Gasteiger partial charge on any atom is 0.322 e. The topological polar surface area (TPSA) is 32.3 Å². The zero-order valence-corrected chi connectivity index (χ0v) is 18.2. The number of benzene rings is 1. The van der Waals surface area contributed by atoms with E-state index in [0.717, 1.165) is 28.7 Å². The van der Waals surface area contributed by atoms with E-state index in [0.29, 0.717) is 18.8 Å². The van der Waals surface area contributed by atoms with Crippen molar-refractivity contribution in [2.45, 2.75) is 61.1 Å². The number of fused-ring (bicyclic) bond motifs is 1. The lowest BCUT2D eigenvalue weighted by Gasteiger charge is -2.16. The van der Waals surface area contributed by atoms with E-state index < -0.39 is 0 Å². The summed E-state index contributed by atoms with van der Waals surface area (Å²) >= 11 is 0. The van der Waals surface area contributed by atoms with E-state index in [1.54, 1.807) is 17.0 Å². The Bertz CT molecular complexity index is 732. The van der Waals surface area contributed by atoms with Crippen LogP contribution in [0.25, 0.3) is 0 Å². The first-order chi connectivity index (χ1) is 13.4. The molecule has 0 aromatic heterocycles. The zero-order valence-electron chi connectivity index (χ0n) is 18.2. The normalized spacial score (nSPS) is 12.4. The third-order valence-electron chi connectivity index (χ3n) is 3.95. The van der Waals surface area contributed by atoms with Gasteiger partial charge in [-0.2, -0.15) is 0 Å². The molecule has 0 saturated heterocycles. The third-order valence-corrected chi connectivity index (χ3v) is 3.95. The zero-order chi connectivity index (χ0) is 21.7. The van der Waals surface area contributed by atoms with Crippen LogP contribution in [0.2, 0.25) is 0 Å². The Balaban J connectivity index is 0.00000171. The molecule has 2 rings (SSSR count). The van der Waals surface area contributed by atoms with Crippen molar-refractivity contribution in [3.05, 3.63) is 83.4 Å². The van der Waals surface area contributed by atoms with Crippen LogP contribution in [0.4, 0.5) is 9.18 Å². The fraction of sp³-hybridized carbons (Fsp3) is 0.375. The average Bonchev–Trinajstić information content (AvgIpc) is 3.12.